The van der Waals surface area contributed by atoms with Gasteiger partial charge >= 0.3 is 0 Å². The lowest BCUT2D eigenvalue weighted by molar-refractivity contribution is 0.0671. The highest BCUT2D eigenvalue weighted by Crippen LogP contribution is 2.28. The Morgan fingerprint density at radius 2 is 2.08 bits per heavy atom. The molecule has 1 amide bonds. The van der Waals surface area contributed by atoms with Gasteiger partial charge in [0.15, 0.2) is 5.76 Å². The number of imidazole rings is 1. The predicted molar refractivity (Wildman–Crippen MR) is 95.3 cm³/mol. The molecular weight excluding hydrogens is 314 g/mol. The van der Waals surface area contributed by atoms with Gasteiger partial charge in [-0.25, -0.2) is 4.98 Å². The number of aryl methyl sites for hydroxylation is 1. The Bertz CT molecular complexity index is 866. The molecule has 1 fully saturated rings. The second kappa shape index (κ2) is 6.59. The van der Waals surface area contributed by atoms with E-state index >= 15 is 0 Å². The van der Waals surface area contributed by atoms with Crippen LogP contribution in [0.25, 0.3) is 11.3 Å². The molecule has 0 bridgehead atoms. The van der Waals surface area contributed by atoms with Crippen molar-refractivity contribution in [2.45, 2.75) is 25.7 Å². The zero-order valence-corrected chi connectivity index (χ0v) is 14.2. The summed E-state index contributed by atoms with van der Waals surface area (Å²) in [5.41, 5.74) is 2.14. The van der Waals surface area contributed by atoms with E-state index in [9.17, 15) is 4.79 Å². The fourth-order valence-corrected chi connectivity index (χ4v) is 3.40. The third-order valence-corrected chi connectivity index (χ3v) is 4.73. The number of amides is 1. The summed E-state index contributed by atoms with van der Waals surface area (Å²) < 4.78 is 5.49. The van der Waals surface area contributed by atoms with Gasteiger partial charge in [0.1, 0.15) is 11.6 Å². The first-order valence-electron chi connectivity index (χ1n) is 8.67. The zero-order valence-electron chi connectivity index (χ0n) is 14.2. The third-order valence-electron chi connectivity index (χ3n) is 4.73. The zero-order chi connectivity index (χ0) is 17.2. The van der Waals surface area contributed by atoms with Crippen LogP contribution in [-0.2, 0) is 0 Å². The van der Waals surface area contributed by atoms with Crippen molar-refractivity contribution in [1.82, 2.24) is 14.9 Å². The number of piperidine rings is 1. The van der Waals surface area contributed by atoms with E-state index in [1.807, 2.05) is 42.3 Å². The van der Waals surface area contributed by atoms with Gasteiger partial charge in [-0.15, -0.1) is 0 Å². The number of carbonyl (C=O) groups is 1. The van der Waals surface area contributed by atoms with E-state index in [4.69, 9.17) is 4.42 Å². The van der Waals surface area contributed by atoms with Crippen LogP contribution in [0.5, 0.6) is 0 Å². The van der Waals surface area contributed by atoms with E-state index in [1.165, 1.54) is 0 Å². The van der Waals surface area contributed by atoms with Gasteiger partial charge in [0.25, 0.3) is 5.91 Å². The lowest BCUT2D eigenvalue weighted by Gasteiger charge is -2.31. The van der Waals surface area contributed by atoms with Crippen LogP contribution in [0.3, 0.4) is 0 Å². The van der Waals surface area contributed by atoms with Gasteiger partial charge in [-0.1, -0.05) is 30.3 Å². The molecule has 0 spiro atoms. The number of nitrogens with zero attached hydrogens (tertiary/aromatic N) is 2. The Hall–Kier alpha value is -2.82. The molecule has 1 aliphatic heterocycles. The fraction of sp³-hybridized carbons (Fsp3) is 0.300. The summed E-state index contributed by atoms with van der Waals surface area (Å²) in [5, 5.41) is 0. The Kier molecular flexibility index (Phi) is 4.14. The molecule has 3 aromatic rings. The van der Waals surface area contributed by atoms with Crippen molar-refractivity contribution in [2.75, 3.05) is 13.1 Å². The summed E-state index contributed by atoms with van der Waals surface area (Å²) in [6.45, 7) is 3.28. The minimum absolute atomic E-state index is 0.0346. The van der Waals surface area contributed by atoms with E-state index in [-0.39, 0.29) is 11.8 Å². The molecule has 1 saturated heterocycles. The first-order chi connectivity index (χ1) is 12.2. The molecule has 0 aliphatic carbocycles. The standard InChI is InChI=1S/C20H21N3O2/c1-14-9-10-18(25-14)20(24)23-11-5-8-16(13-23)19-21-12-17(22-19)15-6-3-2-4-7-15/h2-4,6-7,9-10,12,16H,5,8,11,13H2,1H3,(H,21,22)/t16-/m1/s1. The molecule has 4 rings (SSSR count). The highest BCUT2D eigenvalue weighted by molar-refractivity contribution is 5.91. The van der Waals surface area contributed by atoms with Crippen molar-refractivity contribution in [3.63, 3.8) is 0 Å². The highest BCUT2D eigenvalue weighted by Gasteiger charge is 2.28. The summed E-state index contributed by atoms with van der Waals surface area (Å²) in [6, 6.07) is 13.7. The minimum Gasteiger partial charge on any atom is -0.456 e. The number of rotatable bonds is 3. The summed E-state index contributed by atoms with van der Waals surface area (Å²) >= 11 is 0. The summed E-state index contributed by atoms with van der Waals surface area (Å²) in [5.74, 6) is 2.32. The van der Waals surface area contributed by atoms with E-state index in [0.717, 1.165) is 42.2 Å². The van der Waals surface area contributed by atoms with Crippen LogP contribution in [0, 0.1) is 6.92 Å². The van der Waals surface area contributed by atoms with E-state index in [1.54, 1.807) is 6.07 Å². The Labute approximate surface area is 146 Å². The van der Waals surface area contributed by atoms with Crippen molar-refractivity contribution >= 4 is 5.91 Å². The topological polar surface area (TPSA) is 62.1 Å². The molecule has 128 valence electrons. The minimum atomic E-state index is -0.0346. The fourth-order valence-electron chi connectivity index (χ4n) is 3.40. The molecule has 1 aliphatic rings. The monoisotopic (exact) mass is 335 g/mol. The molecule has 0 unspecified atom stereocenters. The van der Waals surface area contributed by atoms with Crippen LogP contribution in [0.15, 0.2) is 53.1 Å². The van der Waals surface area contributed by atoms with Gasteiger partial charge < -0.3 is 14.3 Å². The molecule has 0 saturated carbocycles. The SMILES string of the molecule is Cc1ccc(C(=O)N2CCC[C@@H](c3ncc(-c4ccccc4)[nH]3)C2)o1. The van der Waals surface area contributed by atoms with Gasteiger partial charge in [0.05, 0.1) is 11.9 Å². The largest absolute Gasteiger partial charge is 0.456 e. The Morgan fingerprint density at radius 3 is 2.84 bits per heavy atom. The lowest BCUT2D eigenvalue weighted by atomic mass is 9.97. The number of hydrogen-bond acceptors (Lipinski definition) is 3. The number of aromatic nitrogens is 2. The second-order valence-electron chi connectivity index (χ2n) is 6.55. The first-order valence-corrected chi connectivity index (χ1v) is 8.67. The summed E-state index contributed by atoms with van der Waals surface area (Å²) in [4.78, 5) is 22.5. The number of H-pyrrole nitrogens is 1. The maximum atomic E-state index is 12.6. The summed E-state index contributed by atoms with van der Waals surface area (Å²) in [7, 11) is 0. The Balaban J connectivity index is 1.50. The number of carbonyl (C=O) groups excluding carboxylic acids is 1. The normalized spacial score (nSPS) is 17.6. The van der Waals surface area contributed by atoms with Crippen LogP contribution in [-0.4, -0.2) is 33.9 Å². The van der Waals surface area contributed by atoms with Crippen molar-refractivity contribution in [3.05, 3.63) is 66.0 Å². The van der Waals surface area contributed by atoms with Crippen molar-refractivity contribution < 1.29 is 9.21 Å². The van der Waals surface area contributed by atoms with Crippen LogP contribution in [0.2, 0.25) is 0 Å². The molecule has 3 heterocycles. The van der Waals surface area contributed by atoms with Gasteiger partial charge in [0.2, 0.25) is 0 Å². The predicted octanol–water partition coefficient (Wildman–Crippen LogP) is 4.00. The van der Waals surface area contributed by atoms with Gasteiger partial charge in [0, 0.05) is 19.0 Å². The smallest absolute Gasteiger partial charge is 0.289 e. The molecule has 1 atom stereocenters. The molecule has 5 heteroatoms. The van der Waals surface area contributed by atoms with Gasteiger partial charge in [-0.3, -0.25) is 4.79 Å². The average Bonchev–Trinajstić information content (AvgIpc) is 3.31. The number of aromatic amines is 1. The van der Waals surface area contributed by atoms with E-state index < -0.39 is 0 Å². The third kappa shape index (κ3) is 3.22. The van der Waals surface area contributed by atoms with Crippen LogP contribution in [0.1, 0.15) is 40.9 Å². The number of likely N-dealkylation sites (tertiary alicyclic amines) is 1. The highest BCUT2D eigenvalue weighted by atomic mass is 16.3. The molecule has 5 nitrogen and oxygen atoms in total. The van der Waals surface area contributed by atoms with Crippen molar-refractivity contribution in [1.29, 1.82) is 0 Å². The Morgan fingerprint density at radius 1 is 1.24 bits per heavy atom. The average molecular weight is 335 g/mol. The van der Waals surface area contributed by atoms with Crippen LogP contribution < -0.4 is 0 Å². The molecule has 0 radical (unpaired) electrons. The van der Waals surface area contributed by atoms with Crippen LogP contribution in [0.4, 0.5) is 0 Å². The molecular formula is C20H21N3O2. The van der Waals surface area contributed by atoms with Crippen molar-refractivity contribution in [3.8, 4) is 11.3 Å². The quantitative estimate of drug-likeness (QED) is 0.787. The molecule has 2 aromatic heterocycles. The maximum absolute atomic E-state index is 12.6. The number of hydrogen-bond donors (Lipinski definition) is 1. The van der Waals surface area contributed by atoms with Gasteiger partial charge in [-0.2, -0.15) is 0 Å². The lowest BCUT2D eigenvalue weighted by Crippen LogP contribution is -2.39. The van der Waals surface area contributed by atoms with Gasteiger partial charge in [-0.05, 0) is 37.5 Å². The van der Waals surface area contributed by atoms with E-state index in [2.05, 4.69) is 22.1 Å². The molecule has 1 aromatic carbocycles. The van der Waals surface area contributed by atoms with Crippen LogP contribution >= 0.6 is 0 Å². The first kappa shape index (κ1) is 15.7. The second-order valence-corrected chi connectivity index (χ2v) is 6.55. The van der Waals surface area contributed by atoms with E-state index in [0.29, 0.717) is 12.3 Å². The van der Waals surface area contributed by atoms with Crippen molar-refractivity contribution in [2.24, 2.45) is 0 Å². The number of benzene rings is 1. The number of furan rings is 1. The molecule has 25 heavy (non-hydrogen) atoms. The maximum Gasteiger partial charge on any atom is 0.289 e. The number of nitrogens with one attached hydrogen (secondary N) is 1. The molecule has 1 N–H and O–H groups in total. The summed E-state index contributed by atoms with van der Waals surface area (Å²) in [6.07, 6.45) is 3.88.